The molecule has 0 aromatic heterocycles. The van der Waals surface area contributed by atoms with Gasteiger partial charge in [0.15, 0.2) is 6.10 Å². The average Bonchev–Trinajstić information content (AvgIpc) is 2.11. The van der Waals surface area contributed by atoms with Crippen molar-refractivity contribution in [1.82, 2.24) is 0 Å². The molecule has 0 aromatic rings. The smallest absolute Gasteiger partial charge is 0.336 e. The first-order valence-corrected chi connectivity index (χ1v) is 4.59. The molecular formula is C10H18O3. The second-order valence-corrected chi connectivity index (χ2v) is 3.13. The summed E-state index contributed by atoms with van der Waals surface area (Å²) in [6, 6.07) is 0. The van der Waals surface area contributed by atoms with Crippen LogP contribution in [0.4, 0.5) is 0 Å². The minimum Gasteiger partial charge on any atom is -0.479 e. The second kappa shape index (κ2) is 6.66. The van der Waals surface area contributed by atoms with Crippen molar-refractivity contribution in [3.63, 3.8) is 0 Å². The van der Waals surface area contributed by atoms with Crippen molar-refractivity contribution in [2.45, 2.75) is 33.3 Å². The molecule has 0 aliphatic carbocycles. The molecule has 0 aliphatic heterocycles. The molecule has 0 rings (SSSR count). The Hall–Kier alpha value is -0.830. The summed E-state index contributed by atoms with van der Waals surface area (Å²) in [6.45, 7) is 6.37. The van der Waals surface area contributed by atoms with Gasteiger partial charge in [-0.15, -0.1) is 0 Å². The molecule has 76 valence electrons. The highest BCUT2D eigenvalue weighted by molar-refractivity contribution is 5.74. The van der Waals surface area contributed by atoms with Crippen molar-refractivity contribution < 1.29 is 14.6 Å². The van der Waals surface area contributed by atoms with E-state index in [-0.39, 0.29) is 0 Å². The van der Waals surface area contributed by atoms with Crippen LogP contribution in [-0.2, 0) is 9.53 Å². The molecule has 0 bridgehead atoms. The molecule has 0 radical (unpaired) electrons. The average molecular weight is 186 g/mol. The lowest BCUT2D eigenvalue weighted by molar-refractivity contribution is -0.147. The van der Waals surface area contributed by atoms with E-state index in [1.54, 1.807) is 19.1 Å². The lowest BCUT2D eigenvalue weighted by Gasteiger charge is -2.13. The Labute approximate surface area is 79.4 Å². The van der Waals surface area contributed by atoms with E-state index in [0.717, 1.165) is 6.42 Å². The molecule has 2 atom stereocenters. The zero-order valence-corrected chi connectivity index (χ0v) is 8.49. The molecule has 0 spiro atoms. The Morgan fingerprint density at radius 2 is 2.23 bits per heavy atom. The van der Waals surface area contributed by atoms with Crippen LogP contribution in [0.15, 0.2) is 12.2 Å². The predicted octanol–water partition coefficient (Wildman–Crippen LogP) is 2.08. The van der Waals surface area contributed by atoms with Gasteiger partial charge in [-0.05, 0) is 18.9 Å². The van der Waals surface area contributed by atoms with Gasteiger partial charge in [0.05, 0.1) is 6.61 Å². The number of allylic oxidation sites excluding steroid dienone is 1. The zero-order chi connectivity index (χ0) is 10.3. The topological polar surface area (TPSA) is 46.5 Å². The van der Waals surface area contributed by atoms with Crippen molar-refractivity contribution in [1.29, 1.82) is 0 Å². The first-order valence-electron chi connectivity index (χ1n) is 4.59. The van der Waals surface area contributed by atoms with E-state index in [0.29, 0.717) is 12.5 Å². The maximum atomic E-state index is 10.6. The Morgan fingerprint density at radius 1 is 1.62 bits per heavy atom. The third kappa shape index (κ3) is 5.42. The number of carbonyl (C=O) groups is 1. The van der Waals surface area contributed by atoms with Crippen molar-refractivity contribution in [3.8, 4) is 0 Å². The third-order valence-electron chi connectivity index (χ3n) is 1.87. The zero-order valence-electron chi connectivity index (χ0n) is 8.49. The van der Waals surface area contributed by atoms with Gasteiger partial charge >= 0.3 is 5.97 Å². The van der Waals surface area contributed by atoms with Gasteiger partial charge in [0.2, 0.25) is 0 Å². The van der Waals surface area contributed by atoms with E-state index in [4.69, 9.17) is 9.84 Å². The molecule has 3 heteroatoms. The summed E-state index contributed by atoms with van der Waals surface area (Å²) in [5.74, 6) is -0.520. The van der Waals surface area contributed by atoms with Gasteiger partial charge in [-0.3, -0.25) is 0 Å². The maximum Gasteiger partial charge on any atom is 0.336 e. The number of carboxylic acids is 1. The fourth-order valence-electron chi connectivity index (χ4n) is 0.770. The molecule has 13 heavy (non-hydrogen) atoms. The van der Waals surface area contributed by atoms with Crippen molar-refractivity contribution >= 4 is 5.97 Å². The maximum absolute atomic E-state index is 10.6. The summed E-state index contributed by atoms with van der Waals surface area (Å²) in [5, 5.41) is 8.71. The first-order chi connectivity index (χ1) is 6.11. The fourth-order valence-corrected chi connectivity index (χ4v) is 0.770. The fraction of sp³-hybridized carbons (Fsp3) is 0.700. The van der Waals surface area contributed by atoms with Crippen LogP contribution in [0, 0.1) is 5.92 Å². The standard InChI is InChI=1S/C10H18O3/c1-4-6-9(10(11)12)13-7-8(3)5-2/h4,6,8-9H,5,7H2,1-3H3,(H,11,12). The number of rotatable bonds is 6. The molecule has 3 nitrogen and oxygen atoms in total. The van der Waals surface area contributed by atoms with Crippen LogP contribution < -0.4 is 0 Å². The quantitative estimate of drug-likeness (QED) is 0.646. The molecule has 0 aliphatic rings. The summed E-state index contributed by atoms with van der Waals surface area (Å²) in [5.41, 5.74) is 0. The predicted molar refractivity (Wildman–Crippen MR) is 51.6 cm³/mol. The largest absolute Gasteiger partial charge is 0.479 e. The van der Waals surface area contributed by atoms with Crippen LogP contribution in [0.2, 0.25) is 0 Å². The summed E-state index contributed by atoms with van der Waals surface area (Å²) in [6.07, 6.45) is 3.45. The van der Waals surface area contributed by atoms with Gasteiger partial charge in [-0.1, -0.05) is 26.3 Å². The van der Waals surface area contributed by atoms with Gasteiger partial charge in [-0.25, -0.2) is 4.79 Å². The van der Waals surface area contributed by atoms with Gasteiger partial charge < -0.3 is 9.84 Å². The second-order valence-electron chi connectivity index (χ2n) is 3.13. The van der Waals surface area contributed by atoms with E-state index in [1.807, 2.05) is 6.92 Å². The van der Waals surface area contributed by atoms with E-state index in [2.05, 4.69) is 6.92 Å². The van der Waals surface area contributed by atoms with Crippen molar-refractivity contribution in [3.05, 3.63) is 12.2 Å². The molecular weight excluding hydrogens is 168 g/mol. The van der Waals surface area contributed by atoms with E-state index in [9.17, 15) is 4.79 Å². The van der Waals surface area contributed by atoms with Crippen LogP contribution in [0.3, 0.4) is 0 Å². The van der Waals surface area contributed by atoms with E-state index >= 15 is 0 Å². The van der Waals surface area contributed by atoms with Crippen LogP contribution in [0.25, 0.3) is 0 Å². The number of ether oxygens (including phenoxy) is 1. The normalized spacial score (nSPS) is 15.9. The van der Waals surface area contributed by atoms with Gasteiger partial charge in [0, 0.05) is 0 Å². The third-order valence-corrected chi connectivity index (χ3v) is 1.87. The minimum absolute atomic E-state index is 0.409. The van der Waals surface area contributed by atoms with Gasteiger partial charge in [-0.2, -0.15) is 0 Å². The number of carboxylic acid groups (broad SMARTS) is 1. The SMILES string of the molecule is CC=CC(OCC(C)CC)C(=O)O. The Morgan fingerprint density at radius 3 is 2.62 bits per heavy atom. The summed E-state index contributed by atoms with van der Waals surface area (Å²) in [7, 11) is 0. The molecule has 0 amide bonds. The number of hydrogen-bond acceptors (Lipinski definition) is 2. The molecule has 0 fully saturated rings. The van der Waals surface area contributed by atoms with Gasteiger partial charge in [0.1, 0.15) is 0 Å². The molecule has 1 N–H and O–H groups in total. The molecule has 0 saturated heterocycles. The lowest BCUT2D eigenvalue weighted by Crippen LogP contribution is -2.23. The molecule has 0 heterocycles. The van der Waals surface area contributed by atoms with Crippen LogP contribution >= 0.6 is 0 Å². The summed E-state index contributed by atoms with van der Waals surface area (Å²) >= 11 is 0. The first kappa shape index (κ1) is 12.2. The minimum atomic E-state index is -0.929. The highest BCUT2D eigenvalue weighted by Gasteiger charge is 2.14. The van der Waals surface area contributed by atoms with E-state index < -0.39 is 12.1 Å². The summed E-state index contributed by atoms with van der Waals surface area (Å²) < 4.78 is 5.21. The highest BCUT2D eigenvalue weighted by atomic mass is 16.5. The van der Waals surface area contributed by atoms with Crippen LogP contribution in [0.5, 0.6) is 0 Å². The number of aliphatic carboxylic acids is 1. The van der Waals surface area contributed by atoms with Crippen molar-refractivity contribution in [2.75, 3.05) is 6.61 Å². The Bertz CT molecular complexity index is 175. The number of hydrogen-bond donors (Lipinski definition) is 1. The van der Waals surface area contributed by atoms with Crippen LogP contribution in [-0.4, -0.2) is 23.8 Å². The van der Waals surface area contributed by atoms with Gasteiger partial charge in [0.25, 0.3) is 0 Å². The Balaban J connectivity index is 3.89. The molecule has 2 unspecified atom stereocenters. The monoisotopic (exact) mass is 186 g/mol. The van der Waals surface area contributed by atoms with Crippen molar-refractivity contribution in [2.24, 2.45) is 5.92 Å². The van der Waals surface area contributed by atoms with Crippen LogP contribution in [0.1, 0.15) is 27.2 Å². The lowest BCUT2D eigenvalue weighted by atomic mass is 10.1. The molecule has 0 saturated carbocycles. The Kier molecular flexibility index (Phi) is 6.24. The highest BCUT2D eigenvalue weighted by Crippen LogP contribution is 2.04. The van der Waals surface area contributed by atoms with E-state index in [1.165, 1.54) is 0 Å². The molecule has 0 aromatic carbocycles. The summed E-state index contributed by atoms with van der Waals surface area (Å²) in [4.78, 5) is 10.6.